The maximum absolute atomic E-state index is 6.41. The Labute approximate surface area is 313 Å². The van der Waals surface area contributed by atoms with Gasteiger partial charge in [0.1, 0.15) is 0 Å². The summed E-state index contributed by atoms with van der Waals surface area (Å²) in [6, 6.07) is 33.1. The minimum atomic E-state index is -0.428. The topological polar surface area (TPSA) is 40.2 Å². The minimum Gasteiger partial charge on any atom is -0.399 e. The van der Waals surface area contributed by atoms with Gasteiger partial charge in [0.25, 0.3) is 0 Å². The number of hydrogen-bond acceptors (Lipinski definition) is 5. The Bertz CT molecular complexity index is 1880. The summed E-state index contributed by atoms with van der Waals surface area (Å²) in [6.07, 6.45) is 0. The van der Waals surface area contributed by atoms with Crippen LogP contribution in [-0.2, 0) is 29.4 Å². The van der Waals surface area contributed by atoms with Crippen molar-refractivity contribution in [1.82, 2.24) is 0 Å². The molecule has 7 heteroatoms. The maximum Gasteiger partial charge on any atom is 0.494 e. The van der Waals surface area contributed by atoms with Crippen LogP contribution in [0.2, 0.25) is 0 Å². The Morgan fingerprint density at radius 3 is 1.29 bits per heavy atom. The highest BCUT2D eigenvalue weighted by atomic mass is 16.7. The van der Waals surface area contributed by atoms with E-state index in [1.165, 1.54) is 22.3 Å². The van der Waals surface area contributed by atoms with Crippen LogP contribution in [0.4, 0.5) is 17.1 Å². The second kappa shape index (κ2) is 11.8. The summed E-state index contributed by atoms with van der Waals surface area (Å²) in [5.41, 5.74) is 8.95. The summed E-state index contributed by atoms with van der Waals surface area (Å²) in [6.45, 7) is 31.2. The number of fused-ring (bicyclic) bond motifs is 1. The van der Waals surface area contributed by atoms with Crippen LogP contribution in [0.25, 0.3) is 11.1 Å². The lowest BCUT2D eigenvalue weighted by Crippen LogP contribution is -2.42. The average Bonchev–Trinajstić information content (AvgIpc) is 3.48. The van der Waals surface area contributed by atoms with E-state index >= 15 is 0 Å². The highest BCUT2D eigenvalue weighted by molar-refractivity contribution is 6.62. The van der Waals surface area contributed by atoms with Crippen LogP contribution >= 0.6 is 0 Å². The first-order valence-electron chi connectivity index (χ1n) is 19.0. The maximum atomic E-state index is 6.41. The predicted octanol–water partition coefficient (Wildman–Crippen LogP) is 10.0. The number of para-hydroxylation sites is 1. The monoisotopic (exact) mass is 697 g/mol. The van der Waals surface area contributed by atoms with Gasteiger partial charge < -0.3 is 23.5 Å². The molecule has 0 spiro atoms. The van der Waals surface area contributed by atoms with E-state index in [4.69, 9.17) is 18.6 Å². The van der Waals surface area contributed by atoms with E-state index in [1.807, 2.05) is 0 Å². The average molecular weight is 698 g/mol. The summed E-state index contributed by atoms with van der Waals surface area (Å²) in [7, 11) is -0.857. The van der Waals surface area contributed by atoms with E-state index in [9.17, 15) is 0 Å². The van der Waals surface area contributed by atoms with Gasteiger partial charge in [-0.25, -0.2) is 0 Å². The molecule has 1 aliphatic carbocycles. The SMILES string of the molecule is CC1(C)OB(c2ccc(N(c3ccc(B4OC(C)(C)C(C)(C)O4)cc3)c3ccccc3-c3ccc4c(c3)C(C)(C)C(C)(C)C4(C)C)cc2)OC1(C)C. The summed E-state index contributed by atoms with van der Waals surface area (Å²) in [4.78, 5) is 2.35. The first-order chi connectivity index (χ1) is 24.0. The van der Waals surface area contributed by atoms with Gasteiger partial charge in [-0.15, -0.1) is 0 Å². The summed E-state index contributed by atoms with van der Waals surface area (Å²) in [5.74, 6) is 0. The van der Waals surface area contributed by atoms with E-state index in [1.54, 1.807) is 0 Å². The molecule has 2 fully saturated rings. The second-order valence-electron chi connectivity index (χ2n) is 18.8. The molecule has 0 amide bonds. The van der Waals surface area contributed by atoms with Crippen molar-refractivity contribution in [3.8, 4) is 11.1 Å². The Hall–Kier alpha value is -3.35. The molecule has 3 aliphatic rings. The van der Waals surface area contributed by atoms with Crippen LogP contribution in [0.15, 0.2) is 91.0 Å². The predicted molar refractivity (Wildman–Crippen MR) is 218 cm³/mol. The zero-order chi connectivity index (χ0) is 37.9. The van der Waals surface area contributed by atoms with Gasteiger partial charge in [0.05, 0.1) is 28.1 Å². The van der Waals surface area contributed by atoms with Gasteiger partial charge in [0, 0.05) is 16.9 Å². The smallest absolute Gasteiger partial charge is 0.399 e. The van der Waals surface area contributed by atoms with E-state index in [0.29, 0.717) is 0 Å². The molecule has 272 valence electrons. The van der Waals surface area contributed by atoms with E-state index in [2.05, 4.69) is 193 Å². The van der Waals surface area contributed by atoms with Crippen LogP contribution in [0, 0.1) is 5.41 Å². The van der Waals surface area contributed by atoms with E-state index < -0.39 is 36.6 Å². The fourth-order valence-electron chi connectivity index (χ4n) is 8.09. The molecule has 2 heterocycles. The molecule has 0 bridgehead atoms. The standard InChI is InChI=1S/C45H57B2NO4/c1-39(2)36-28-19-30(29-37(36)40(3,4)41(39,5)6)35-17-15-16-18-38(35)48(33-24-20-31(21-25-33)46-49-42(7,8)43(9,10)50-46)34-26-22-32(23-27-34)47-51-44(11,12)45(13,14)52-47/h15-29H,1-14H3. The molecule has 4 aromatic carbocycles. The van der Waals surface area contributed by atoms with Crippen molar-refractivity contribution in [2.45, 2.75) is 130 Å². The van der Waals surface area contributed by atoms with Gasteiger partial charge >= 0.3 is 14.2 Å². The molecule has 2 aliphatic heterocycles. The molecule has 0 unspecified atom stereocenters. The first-order valence-corrected chi connectivity index (χ1v) is 19.0. The van der Waals surface area contributed by atoms with Crippen molar-refractivity contribution in [2.75, 3.05) is 4.90 Å². The van der Waals surface area contributed by atoms with Crippen LogP contribution in [0.1, 0.15) is 108 Å². The van der Waals surface area contributed by atoms with Crippen LogP contribution in [0.3, 0.4) is 0 Å². The molecular formula is C45H57B2NO4. The van der Waals surface area contributed by atoms with Crippen LogP contribution in [-0.4, -0.2) is 36.6 Å². The van der Waals surface area contributed by atoms with Crippen molar-refractivity contribution in [3.63, 3.8) is 0 Å². The Kier molecular flexibility index (Phi) is 8.41. The molecule has 5 nitrogen and oxygen atoms in total. The van der Waals surface area contributed by atoms with Crippen molar-refractivity contribution in [2.24, 2.45) is 5.41 Å². The number of rotatable bonds is 6. The molecule has 2 saturated heterocycles. The third-order valence-electron chi connectivity index (χ3n) is 14.3. The normalized spacial score (nSPS) is 22.7. The highest BCUT2D eigenvalue weighted by Crippen LogP contribution is 2.62. The number of hydrogen-bond donors (Lipinski definition) is 0. The van der Waals surface area contributed by atoms with Gasteiger partial charge in [-0.05, 0) is 130 Å². The molecule has 0 saturated carbocycles. The third kappa shape index (κ3) is 5.52. The van der Waals surface area contributed by atoms with Crippen molar-refractivity contribution in [3.05, 3.63) is 102 Å². The summed E-state index contributed by atoms with van der Waals surface area (Å²) < 4.78 is 25.6. The highest BCUT2D eigenvalue weighted by Gasteiger charge is 2.57. The lowest BCUT2D eigenvalue weighted by Gasteiger charge is -2.44. The fourth-order valence-corrected chi connectivity index (χ4v) is 8.09. The summed E-state index contributed by atoms with van der Waals surface area (Å²) in [5, 5.41) is 0. The van der Waals surface area contributed by atoms with Gasteiger partial charge in [0.2, 0.25) is 0 Å². The third-order valence-corrected chi connectivity index (χ3v) is 14.3. The molecule has 4 aromatic rings. The Morgan fingerprint density at radius 1 is 0.442 bits per heavy atom. The zero-order valence-electron chi connectivity index (χ0n) is 33.9. The molecule has 7 rings (SSSR count). The molecular weight excluding hydrogens is 640 g/mol. The number of benzene rings is 4. The van der Waals surface area contributed by atoms with E-state index in [-0.39, 0.29) is 16.2 Å². The minimum absolute atomic E-state index is 0.00314. The second-order valence-corrected chi connectivity index (χ2v) is 18.8. The lowest BCUT2D eigenvalue weighted by atomic mass is 9.59. The van der Waals surface area contributed by atoms with Crippen molar-refractivity contribution < 1.29 is 18.6 Å². The Morgan fingerprint density at radius 2 is 0.846 bits per heavy atom. The molecule has 0 N–H and O–H groups in total. The number of nitrogens with zero attached hydrogens (tertiary/aromatic N) is 1. The number of anilines is 3. The quantitative estimate of drug-likeness (QED) is 0.188. The van der Waals surface area contributed by atoms with Gasteiger partial charge in [0.15, 0.2) is 0 Å². The largest absolute Gasteiger partial charge is 0.494 e. The van der Waals surface area contributed by atoms with Crippen molar-refractivity contribution in [1.29, 1.82) is 0 Å². The van der Waals surface area contributed by atoms with Crippen LogP contribution in [0.5, 0.6) is 0 Å². The first kappa shape index (κ1) is 37.0. The lowest BCUT2D eigenvalue weighted by molar-refractivity contribution is 0.00578. The molecule has 0 aromatic heterocycles. The van der Waals surface area contributed by atoms with Crippen molar-refractivity contribution >= 4 is 42.2 Å². The van der Waals surface area contributed by atoms with Gasteiger partial charge in [-0.3, -0.25) is 0 Å². The van der Waals surface area contributed by atoms with E-state index in [0.717, 1.165) is 28.0 Å². The zero-order valence-corrected chi connectivity index (χ0v) is 33.9. The fraction of sp³-hybridized carbons (Fsp3) is 0.467. The Balaban J connectivity index is 1.32. The van der Waals surface area contributed by atoms with Gasteiger partial charge in [-0.2, -0.15) is 0 Å². The van der Waals surface area contributed by atoms with Crippen LogP contribution < -0.4 is 15.8 Å². The molecule has 0 radical (unpaired) electrons. The molecule has 52 heavy (non-hydrogen) atoms. The van der Waals surface area contributed by atoms with Gasteiger partial charge in [-0.1, -0.05) is 102 Å². The molecule has 0 atom stereocenters. The summed E-state index contributed by atoms with van der Waals surface area (Å²) >= 11 is 0.